The van der Waals surface area contributed by atoms with E-state index in [0.29, 0.717) is 0 Å². The number of aliphatic hydroxyl groups is 1. The van der Waals surface area contributed by atoms with Gasteiger partial charge in [-0.25, -0.2) is 4.79 Å². The number of likely N-dealkylation sites (N-methyl/N-ethyl adjacent to an activating group) is 1. The van der Waals surface area contributed by atoms with Crippen LogP contribution in [0.2, 0.25) is 0 Å². The lowest BCUT2D eigenvalue weighted by Crippen LogP contribution is -2.40. The Bertz CT molecular complexity index is 276. The first-order valence-corrected chi connectivity index (χ1v) is 5.10. The number of carbonyl (C=O) groups excluding carboxylic acids is 1. The molecule has 0 amide bonds. The van der Waals surface area contributed by atoms with Crippen LogP contribution in [0.15, 0.2) is 12.3 Å². The number of Topliss-reactive ketones (excluding diaryl/α,β-unsaturated/α-hetero) is 1. The van der Waals surface area contributed by atoms with Gasteiger partial charge < -0.3 is 15.5 Å². The van der Waals surface area contributed by atoms with Crippen LogP contribution in [0.25, 0.3) is 0 Å². The van der Waals surface area contributed by atoms with Crippen molar-refractivity contribution in [3.05, 3.63) is 12.3 Å². The zero-order valence-electron chi connectivity index (χ0n) is 9.84. The van der Waals surface area contributed by atoms with Gasteiger partial charge in [-0.1, -0.05) is 13.0 Å². The molecule has 0 radical (unpaired) electrons. The van der Waals surface area contributed by atoms with Gasteiger partial charge in [0.05, 0.1) is 12.6 Å². The summed E-state index contributed by atoms with van der Waals surface area (Å²) < 4.78 is 0. The summed E-state index contributed by atoms with van der Waals surface area (Å²) in [7, 11) is 1.59. The summed E-state index contributed by atoms with van der Waals surface area (Å²) in [4.78, 5) is 26.3. The normalized spacial score (nSPS) is 14.5. The standard InChI is InChI=1S/C10H18N2O5/c1-7(10(16)8(5-13)11-2)3-4-12-17-6-9(14)15/h3-4,7-8,11-13H,5-6H2,1-2H3,(H,14,15)/b4-3-/t7-,8-/m1/s1. The van der Waals surface area contributed by atoms with Crippen LogP contribution in [-0.2, 0) is 14.4 Å². The zero-order chi connectivity index (χ0) is 13.3. The van der Waals surface area contributed by atoms with Crippen LogP contribution < -0.4 is 10.8 Å². The molecule has 4 N–H and O–H groups in total. The minimum absolute atomic E-state index is 0.161. The monoisotopic (exact) mass is 246 g/mol. The molecule has 0 saturated carbocycles. The molecule has 98 valence electrons. The Balaban J connectivity index is 3.98. The van der Waals surface area contributed by atoms with Crippen molar-refractivity contribution in [3.63, 3.8) is 0 Å². The second-order valence-electron chi connectivity index (χ2n) is 3.37. The molecule has 0 fully saturated rings. The Morgan fingerprint density at radius 1 is 1.47 bits per heavy atom. The molecule has 0 aromatic heterocycles. The van der Waals surface area contributed by atoms with Gasteiger partial charge in [0.25, 0.3) is 0 Å². The van der Waals surface area contributed by atoms with Crippen molar-refractivity contribution in [2.24, 2.45) is 5.92 Å². The van der Waals surface area contributed by atoms with E-state index in [1.165, 1.54) is 12.3 Å². The van der Waals surface area contributed by atoms with Crippen LogP contribution in [-0.4, -0.2) is 48.3 Å². The number of ketones is 1. The highest BCUT2D eigenvalue weighted by atomic mass is 16.7. The third-order valence-corrected chi connectivity index (χ3v) is 2.06. The van der Waals surface area contributed by atoms with E-state index in [1.54, 1.807) is 14.0 Å². The topological polar surface area (TPSA) is 108 Å². The highest BCUT2D eigenvalue weighted by Gasteiger charge is 2.19. The van der Waals surface area contributed by atoms with Crippen molar-refractivity contribution in [1.82, 2.24) is 10.8 Å². The van der Waals surface area contributed by atoms with Gasteiger partial charge in [0.15, 0.2) is 12.4 Å². The van der Waals surface area contributed by atoms with Crippen LogP contribution in [0.4, 0.5) is 0 Å². The fraction of sp³-hybridized carbons (Fsp3) is 0.600. The molecular weight excluding hydrogens is 228 g/mol. The highest BCUT2D eigenvalue weighted by Crippen LogP contribution is 2.02. The molecule has 17 heavy (non-hydrogen) atoms. The molecule has 2 atom stereocenters. The number of hydroxylamine groups is 1. The van der Waals surface area contributed by atoms with E-state index < -0.39 is 24.5 Å². The van der Waals surface area contributed by atoms with E-state index in [0.717, 1.165) is 0 Å². The van der Waals surface area contributed by atoms with Crippen molar-refractivity contribution < 1.29 is 24.6 Å². The molecule has 0 rings (SSSR count). The zero-order valence-corrected chi connectivity index (χ0v) is 9.84. The fourth-order valence-electron chi connectivity index (χ4n) is 1.07. The van der Waals surface area contributed by atoms with E-state index >= 15 is 0 Å². The Labute approximate surface area is 99.4 Å². The van der Waals surface area contributed by atoms with Gasteiger partial charge in [-0.2, -0.15) is 0 Å². The van der Waals surface area contributed by atoms with Crippen LogP contribution in [0, 0.1) is 5.92 Å². The molecule has 0 aliphatic heterocycles. The molecule has 0 unspecified atom stereocenters. The lowest BCUT2D eigenvalue weighted by atomic mass is 10.0. The Morgan fingerprint density at radius 2 is 2.12 bits per heavy atom. The predicted molar refractivity (Wildman–Crippen MR) is 60.0 cm³/mol. The maximum Gasteiger partial charge on any atom is 0.332 e. The number of aliphatic hydroxyl groups excluding tert-OH is 1. The highest BCUT2D eigenvalue weighted by molar-refractivity contribution is 5.87. The Hall–Kier alpha value is -1.44. The molecule has 0 spiro atoms. The summed E-state index contributed by atoms with van der Waals surface area (Å²) >= 11 is 0. The first-order chi connectivity index (χ1) is 8.02. The second kappa shape index (κ2) is 8.68. The molecular formula is C10H18N2O5. The molecule has 7 nitrogen and oxygen atoms in total. The summed E-state index contributed by atoms with van der Waals surface area (Å²) in [5, 5.41) is 19.9. The second-order valence-corrected chi connectivity index (χ2v) is 3.37. The largest absolute Gasteiger partial charge is 0.479 e. The average Bonchev–Trinajstić information content (AvgIpc) is 2.29. The van der Waals surface area contributed by atoms with E-state index in [2.05, 4.69) is 15.6 Å². The summed E-state index contributed by atoms with van der Waals surface area (Å²) in [5.74, 6) is -1.67. The number of nitrogens with one attached hydrogen (secondary N) is 2. The Kier molecular flexibility index (Phi) is 7.95. The molecule has 7 heteroatoms. The summed E-state index contributed by atoms with van der Waals surface area (Å²) in [6, 6.07) is -0.602. The molecule has 0 aromatic carbocycles. The molecule has 0 aromatic rings. The predicted octanol–water partition coefficient (Wildman–Crippen LogP) is -1.11. The number of carboxylic acids is 1. The van der Waals surface area contributed by atoms with Gasteiger partial charge in [0, 0.05) is 12.1 Å². The lowest BCUT2D eigenvalue weighted by Gasteiger charge is -2.14. The van der Waals surface area contributed by atoms with Crippen LogP contribution >= 0.6 is 0 Å². The van der Waals surface area contributed by atoms with Crippen LogP contribution in [0.3, 0.4) is 0 Å². The minimum atomic E-state index is -1.09. The minimum Gasteiger partial charge on any atom is -0.479 e. The first-order valence-electron chi connectivity index (χ1n) is 5.10. The number of carboxylic acid groups (broad SMARTS) is 1. The van der Waals surface area contributed by atoms with Crippen LogP contribution in [0.5, 0.6) is 0 Å². The lowest BCUT2D eigenvalue weighted by molar-refractivity contribution is -0.144. The molecule has 0 saturated heterocycles. The molecule has 0 aliphatic carbocycles. The third-order valence-electron chi connectivity index (χ3n) is 2.06. The van der Waals surface area contributed by atoms with Crippen LogP contribution in [0.1, 0.15) is 6.92 Å². The van der Waals surface area contributed by atoms with E-state index in [9.17, 15) is 9.59 Å². The number of aliphatic carboxylic acids is 1. The van der Waals surface area contributed by atoms with Crippen molar-refractivity contribution in [1.29, 1.82) is 0 Å². The fourth-order valence-corrected chi connectivity index (χ4v) is 1.07. The van der Waals surface area contributed by atoms with Gasteiger partial charge in [-0.05, 0) is 7.05 Å². The van der Waals surface area contributed by atoms with Gasteiger partial charge >= 0.3 is 5.97 Å². The summed E-state index contributed by atoms with van der Waals surface area (Å²) in [5.41, 5.74) is 2.28. The Morgan fingerprint density at radius 3 is 2.59 bits per heavy atom. The number of rotatable bonds is 9. The molecule has 0 aliphatic rings. The van der Waals surface area contributed by atoms with E-state index in [1.807, 2.05) is 0 Å². The average molecular weight is 246 g/mol. The number of hydrogen-bond acceptors (Lipinski definition) is 6. The molecule has 0 bridgehead atoms. The summed E-state index contributed by atoms with van der Waals surface area (Å²) in [6.45, 7) is 0.927. The van der Waals surface area contributed by atoms with Crippen molar-refractivity contribution >= 4 is 11.8 Å². The SMILES string of the molecule is CN[C@H](CO)C(=O)[C@H](C)/C=C\NOCC(=O)O. The van der Waals surface area contributed by atoms with Gasteiger partial charge in [0.1, 0.15) is 0 Å². The van der Waals surface area contributed by atoms with Gasteiger partial charge in [-0.3, -0.25) is 15.1 Å². The summed E-state index contributed by atoms with van der Waals surface area (Å²) in [6.07, 6.45) is 2.86. The number of allylic oxidation sites excluding steroid dienone is 1. The van der Waals surface area contributed by atoms with Gasteiger partial charge in [0.2, 0.25) is 0 Å². The van der Waals surface area contributed by atoms with Crippen molar-refractivity contribution in [3.8, 4) is 0 Å². The maximum absolute atomic E-state index is 11.6. The first kappa shape index (κ1) is 15.6. The number of carbonyl (C=O) groups is 2. The maximum atomic E-state index is 11.6. The number of hydrogen-bond donors (Lipinski definition) is 4. The van der Waals surface area contributed by atoms with E-state index in [-0.39, 0.29) is 12.4 Å². The quantitative estimate of drug-likeness (QED) is 0.302. The van der Waals surface area contributed by atoms with Gasteiger partial charge in [-0.15, -0.1) is 0 Å². The van der Waals surface area contributed by atoms with E-state index in [4.69, 9.17) is 10.2 Å². The third kappa shape index (κ3) is 6.67. The smallest absolute Gasteiger partial charge is 0.332 e. The van der Waals surface area contributed by atoms with Crippen molar-refractivity contribution in [2.45, 2.75) is 13.0 Å². The molecule has 0 heterocycles. The van der Waals surface area contributed by atoms with Crippen molar-refractivity contribution in [2.75, 3.05) is 20.3 Å².